The molecule has 0 atom stereocenters. The number of benzene rings is 1. The van der Waals surface area contributed by atoms with Gasteiger partial charge in [-0.15, -0.1) is 0 Å². The number of halogens is 4. The minimum absolute atomic E-state index is 0.107. The fourth-order valence-corrected chi connectivity index (χ4v) is 3.15. The van der Waals surface area contributed by atoms with Crippen molar-refractivity contribution in [3.05, 3.63) is 52.3 Å². The van der Waals surface area contributed by atoms with Crippen LogP contribution in [-0.2, 0) is 10.0 Å². The predicted molar refractivity (Wildman–Crippen MR) is 71.4 cm³/mol. The van der Waals surface area contributed by atoms with Gasteiger partial charge in [-0.3, -0.25) is 4.72 Å². The summed E-state index contributed by atoms with van der Waals surface area (Å²) >= 11 is 11.4. The van der Waals surface area contributed by atoms with Crippen LogP contribution >= 0.6 is 23.2 Å². The van der Waals surface area contributed by atoms with Crippen molar-refractivity contribution < 1.29 is 17.2 Å². The summed E-state index contributed by atoms with van der Waals surface area (Å²) in [6.07, 6.45) is 0. The average molecular weight is 339 g/mol. The normalized spacial score (nSPS) is 11.4. The Kier molecular flexibility index (Phi) is 4.12. The van der Waals surface area contributed by atoms with Gasteiger partial charge in [0.25, 0.3) is 10.0 Å². The van der Waals surface area contributed by atoms with Gasteiger partial charge in [-0.25, -0.2) is 8.42 Å². The van der Waals surface area contributed by atoms with Gasteiger partial charge < -0.3 is 0 Å². The van der Waals surface area contributed by atoms with E-state index in [1.807, 2.05) is 4.72 Å². The van der Waals surface area contributed by atoms with Crippen LogP contribution in [-0.4, -0.2) is 13.4 Å². The van der Waals surface area contributed by atoms with Crippen LogP contribution in [0.4, 0.5) is 14.5 Å². The molecule has 20 heavy (non-hydrogen) atoms. The van der Waals surface area contributed by atoms with Gasteiger partial charge in [0.1, 0.15) is 5.69 Å². The second-order valence-electron chi connectivity index (χ2n) is 3.68. The number of nitrogens with one attached hydrogen (secondary N) is 1. The Morgan fingerprint density at radius 3 is 2.20 bits per heavy atom. The summed E-state index contributed by atoms with van der Waals surface area (Å²) in [4.78, 5) is 2.62. The van der Waals surface area contributed by atoms with E-state index in [9.17, 15) is 17.2 Å². The molecule has 0 unspecified atom stereocenters. The Labute approximate surface area is 123 Å². The lowest BCUT2D eigenvalue weighted by atomic mass is 10.4. The van der Waals surface area contributed by atoms with Gasteiger partial charge in [-0.05, 0) is 30.3 Å². The monoisotopic (exact) mass is 338 g/mol. The third-order valence-electron chi connectivity index (χ3n) is 2.21. The van der Waals surface area contributed by atoms with E-state index >= 15 is 0 Å². The molecule has 9 heteroatoms. The summed E-state index contributed by atoms with van der Waals surface area (Å²) < 4.78 is 52.0. The second-order valence-corrected chi connectivity index (χ2v) is 6.24. The van der Waals surface area contributed by atoms with Crippen molar-refractivity contribution in [1.29, 1.82) is 0 Å². The van der Waals surface area contributed by atoms with Crippen molar-refractivity contribution in [2.24, 2.45) is 0 Å². The first-order chi connectivity index (χ1) is 9.28. The Morgan fingerprint density at radius 2 is 1.65 bits per heavy atom. The van der Waals surface area contributed by atoms with E-state index in [0.29, 0.717) is 0 Å². The molecule has 1 heterocycles. The van der Waals surface area contributed by atoms with Crippen LogP contribution in [0.3, 0.4) is 0 Å². The van der Waals surface area contributed by atoms with Crippen molar-refractivity contribution in [1.82, 2.24) is 4.98 Å². The SMILES string of the molecule is O=S(=O)(Nc1ccc(F)nc1F)c1cc(Cl)cc(Cl)c1. The molecule has 0 saturated heterocycles. The maximum Gasteiger partial charge on any atom is 0.262 e. The number of nitrogens with zero attached hydrogens (tertiary/aromatic N) is 1. The van der Waals surface area contributed by atoms with E-state index < -0.39 is 27.6 Å². The second kappa shape index (κ2) is 5.51. The summed E-state index contributed by atoms with van der Waals surface area (Å²) in [5, 5.41) is 0.214. The third kappa shape index (κ3) is 3.36. The topological polar surface area (TPSA) is 59.1 Å². The average Bonchev–Trinajstić information content (AvgIpc) is 2.31. The highest BCUT2D eigenvalue weighted by Gasteiger charge is 2.18. The molecule has 0 saturated carbocycles. The molecular weight excluding hydrogens is 333 g/mol. The van der Waals surface area contributed by atoms with Gasteiger partial charge in [0, 0.05) is 10.0 Å². The van der Waals surface area contributed by atoms with Crippen molar-refractivity contribution >= 4 is 38.9 Å². The highest BCUT2D eigenvalue weighted by atomic mass is 35.5. The molecule has 1 N–H and O–H groups in total. The van der Waals surface area contributed by atoms with Crippen LogP contribution in [0.1, 0.15) is 0 Å². The molecule has 2 rings (SSSR count). The van der Waals surface area contributed by atoms with Crippen LogP contribution < -0.4 is 4.72 Å². The molecule has 2 aromatic rings. The minimum atomic E-state index is -4.12. The summed E-state index contributed by atoms with van der Waals surface area (Å²) in [5.41, 5.74) is -0.484. The van der Waals surface area contributed by atoms with E-state index in [1.165, 1.54) is 6.07 Å². The van der Waals surface area contributed by atoms with Crippen molar-refractivity contribution in [2.45, 2.75) is 4.90 Å². The van der Waals surface area contributed by atoms with Crippen LogP contribution in [0.5, 0.6) is 0 Å². The van der Waals surface area contributed by atoms with Gasteiger partial charge in [0.2, 0.25) is 11.9 Å². The molecule has 4 nitrogen and oxygen atoms in total. The van der Waals surface area contributed by atoms with Gasteiger partial charge in [-0.1, -0.05) is 23.2 Å². The quantitative estimate of drug-likeness (QED) is 0.871. The molecule has 0 spiro atoms. The highest BCUT2D eigenvalue weighted by Crippen LogP contribution is 2.24. The summed E-state index contributed by atoms with van der Waals surface area (Å²) in [6, 6.07) is 5.38. The van der Waals surface area contributed by atoms with Gasteiger partial charge >= 0.3 is 0 Å². The lowest BCUT2D eigenvalue weighted by Gasteiger charge is -2.09. The molecule has 0 aliphatic rings. The summed E-state index contributed by atoms with van der Waals surface area (Å²) in [6.45, 7) is 0. The lowest BCUT2D eigenvalue weighted by molar-refractivity contribution is 0.515. The van der Waals surface area contributed by atoms with Gasteiger partial charge in [0.05, 0.1) is 4.90 Å². The summed E-state index contributed by atoms with van der Waals surface area (Å²) in [5.74, 6) is -2.34. The predicted octanol–water partition coefficient (Wildman–Crippen LogP) is 3.47. The smallest absolute Gasteiger partial charge is 0.262 e. The Bertz CT molecular complexity index is 749. The fourth-order valence-electron chi connectivity index (χ4n) is 1.38. The fraction of sp³-hybridized carbons (Fsp3) is 0. The Hall–Kier alpha value is -1.44. The Balaban J connectivity index is 2.40. The van der Waals surface area contributed by atoms with Crippen LogP contribution in [0.15, 0.2) is 35.2 Å². The number of sulfonamides is 1. The first kappa shape index (κ1) is 15.0. The van der Waals surface area contributed by atoms with Crippen LogP contribution in [0.2, 0.25) is 10.0 Å². The standard InChI is InChI=1S/C11H6Cl2F2N2O2S/c12-6-3-7(13)5-8(4-6)20(18,19)17-9-1-2-10(14)16-11(9)15/h1-5,17H. The number of rotatable bonds is 3. The van der Waals surface area contributed by atoms with Crippen LogP contribution in [0, 0.1) is 11.9 Å². The first-order valence-corrected chi connectivity index (χ1v) is 7.33. The zero-order chi connectivity index (χ0) is 14.9. The number of aromatic nitrogens is 1. The molecule has 0 aliphatic carbocycles. The van der Waals surface area contributed by atoms with E-state index in [4.69, 9.17) is 23.2 Å². The third-order valence-corrected chi connectivity index (χ3v) is 3.99. The first-order valence-electron chi connectivity index (χ1n) is 5.09. The van der Waals surface area contributed by atoms with E-state index in [0.717, 1.165) is 24.3 Å². The highest BCUT2D eigenvalue weighted by molar-refractivity contribution is 7.92. The number of anilines is 1. The Morgan fingerprint density at radius 1 is 1.05 bits per heavy atom. The molecule has 1 aromatic heterocycles. The van der Waals surface area contributed by atoms with E-state index in [2.05, 4.69) is 4.98 Å². The zero-order valence-electron chi connectivity index (χ0n) is 9.57. The molecule has 106 valence electrons. The molecule has 0 aliphatic heterocycles. The number of hydrogen-bond acceptors (Lipinski definition) is 3. The van der Waals surface area contributed by atoms with Gasteiger partial charge in [0.15, 0.2) is 0 Å². The summed E-state index contributed by atoms with van der Waals surface area (Å²) in [7, 11) is -4.12. The number of hydrogen-bond donors (Lipinski definition) is 1. The van der Waals surface area contributed by atoms with E-state index in [1.54, 1.807) is 0 Å². The molecular formula is C11H6Cl2F2N2O2S. The van der Waals surface area contributed by atoms with E-state index in [-0.39, 0.29) is 14.9 Å². The minimum Gasteiger partial charge on any atom is -0.275 e. The lowest BCUT2D eigenvalue weighted by Crippen LogP contribution is -2.14. The molecule has 0 amide bonds. The molecule has 0 bridgehead atoms. The van der Waals surface area contributed by atoms with Crippen molar-refractivity contribution in [3.63, 3.8) is 0 Å². The maximum atomic E-state index is 13.3. The molecule has 0 fully saturated rings. The van der Waals surface area contributed by atoms with Crippen LogP contribution in [0.25, 0.3) is 0 Å². The molecule has 1 aromatic carbocycles. The maximum absolute atomic E-state index is 13.3. The largest absolute Gasteiger partial charge is 0.275 e. The number of pyridine rings is 1. The molecule has 0 radical (unpaired) electrons. The van der Waals surface area contributed by atoms with Crippen molar-refractivity contribution in [3.8, 4) is 0 Å². The van der Waals surface area contributed by atoms with Crippen molar-refractivity contribution in [2.75, 3.05) is 4.72 Å². The van der Waals surface area contributed by atoms with Gasteiger partial charge in [-0.2, -0.15) is 13.8 Å². The zero-order valence-corrected chi connectivity index (χ0v) is 11.9.